The maximum atomic E-state index is 14.2. The van der Waals surface area contributed by atoms with Crippen molar-refractivity contribution in [3.8, 4) is 10.4 Å². The molecule has 16 heteroatoms. The predicted octanol–water partition coefficient (Wildman–Crippen LogP) is 5.41. The van der Waals surface area contributed by atoms with Crippen LogP contribution >= 0.6 is 11.3 Å². The smallest absolute Gasteiger partial charge is 0.393 e. The number of aliphatic hydroxyl groups excluding tert-OH is 1. The van der Waals surface area contributed by atoms with Gasteiger partial charge in [0.2, 0.25) is 0 Å². The molecule has 3 heterocycles. The van der Waals surface area contributed by atoms with E-state index in [4.69, 9.17) is 0 Å². The second-order valence-corrected chi connectivity index (χ2v) is 11.3. The molecule has 8 nitrogen and oxygen atoms in total. The molecule has 0 bridgehead atoms. The quantitative estimate of drug-likeness (QED) is 0.345. The van der Waals surface area contributed by atoms with Crippen LogP contribution in [-0.2, 0) is 0 Å². The van der Waals surface area contributed by atoms with Crippen molar-refractivity contribution >= 4 is 29.0 Å². The van der Waals surface area contributed by atoms with Crippen molar-refractivity contribution in [3.05, 3.63) is 28.5 Å². The summed E-state index contributed by atoms with van der Waals surface area (Å²) in [4.78, 5) is 34.9. The lowest BCUT2D eigenvalue weighted by molar-refractivity contribution is -0.142. The van der Waals surface area contributed by atoms with Crippen molar-refractivity contribution in [1.82, 2.24) is 20.2 Å². The Morgan fingerprint density at radius 2 is 1.98 bits per heavy atom. The lowest BCUT2D eigenvalue weighted by Crippen LogP contribution is -2.36. The normalized spacial score (nSPS) is 23.2. The molecule has 0 spiro atoms. The summed E-state index contributed by atoms with van der Waals surface area (Å²) in [5.74, 6) is -5.44. The first kappa shape index (κ1) is 30.9. The number of carbonyl (C=O) groups excluding carboxylic acids is 2. The number of halogens is 7. The van der Waals surface area contributed by atoms with E-state index < -0.39 is 91.0 Å². The van der Waals surface area contributed by atoms with Crippen LogP contribution in [0.5, 0.6) is 0 Å². The van der Waals surface area contributed by atoms with Gasteiger partial charge in [-0.15, -0.1) is 11.3 Å². The van der Waals surface area contributed by atoms with Gasteiger partial charge in [0.25, 0.3) is 24.2 Å². The first-order valence-corrected chi connectivity index (χ1v) is 13.7. The van der Waals surface area contributed by atoms with Crippen LogP contribution in [0.2, 0.25) is 0 Å². The monoisotopic (exact) mass is 611 g/mol. The third-order valence-corrected chi connectivity index (χ3v) is 8.18. The fourth-order valence-electron chi connectivity index (χ4n) is 5.01. The van der Waals surface area contributed by atoms with E-state index in [9.17, 15) is 45.4 Å². The fraction of sp³-hybridized carbons (Fsp3) is 0.600. The molecule has 2 amide bonds. The van der Waals surface area contributed by atoms with Gasteiger partial charge in [0, 0.05) is 35.8 Å². The van der Waals surface area contributed by atoms with Crippen LogP contribution in [0.15, 0.2) is 12.3 Å². The highest BCUT2D eigenvalue weighted by Crippen LogP contribution is 2.40. The van der Waals surface area contributed by atoms with Crippen molar-refractivity contribution in [2.24, 2.45) is 0 Å². The van der Waals surface area contributed by atoms with Gasteiger partial charge < -0.3 is 20.6 Å². The van der Waals surface area contributed by atoms with Gasteiger partial charge in [0.15, 0.2) is 5.01 Å². The Morgan fingerprint density at radius 3 is 2.51 bits per heavy atom. The molecule has 2 fully saturated rings. The zero-order valence-electron chi connectivity index (χ0n) is 21.9. The largest absolute Gasteiger partial charge is 0.408 e. The van der Waals surface area contributed by atoms with E-state index in [-0.39, 0.29) is 21.9 Å². The fourth-order valence-corrected chi connectivity index (χ4v) is 6.01. The number of likely N-dealkylation sites (tertiary alicyclic amines) is 1. The number of nitrogens with zero attached hydrogens (tertiary/aromatic N) is 3. The van der Waals surface area contributed by atoms with Crippen molar-refractivity contribution in [2.45, 2.75) is 88.7 Å². The number of carbonyl (C=O) groups is 2. The predicted molar refractivity (Wildman–Crippen MR) is 135 cm³/mol. The molecule has 3 N–H and O–H groups in total. The summed E-state index contributed by atoms with van der Waals surface area (Å²) >= 11 is 0.559. The van der Waals surface area contributed by atoms with Gasteiger partial charge in [-0.2, -0.15) is 13.2 Å². The Morgan fingerprint density at radius 1 is 1.27 bits per heavy atom. The average Bonchev–Trinajstić information content (AvgIpc) is 3.57. The number of thiazole rings is 1. The molecule has 1 aliphatic heterocycles. The molecule has 0 unspecified atom stereocenters. The minimum absolute atomic E-state index is 0.258. The molecule has 1 aliphatic carbocycles. The molecule has 226 valence electrons. The van der Waals surface area contributed by atoms with Gasteiger partial charge in [0.05, 0.1) is 17.5 Å². The van der Waals surface area contributed by atoms with Crippen molar-refractivity contribution < 1.29 is 45.4 Å². The second-order valence-electron chi connectivity index (χ2n) is 10.3. The Kier molecular flexibility index (Phi) is 8.83. The lowest BCUT2D eigenvalue weighted by atomic mass is 10.1. The van der Waals surface area contributed by atoms with Crippen LogP contribution in [-0.4, -0.2) is 74.7 Å². The molecule has 1 saturated heterocycles. The Labute approximate surface area is 234 Å². The van der Waals surface area contributed by atoms with E-state index in [1.807, 2.05) is 0 Å². The summed E-state index contributed by atoms with van der Waals surface area (Å²) in [6.45, 7) is 1.70. The Bertz CT molecular complexity index is 1290. The van der Waals surface area contributed by atoms with Gasteiger partial charge in [-0.05, 0) is 38.7 Å². The standard InChI is InChI=1S/C25H28F7N5O3S/c1-3-16(25(30,31)32)35-17-7-14(20(26)27)15(9-33-17)19-18(23(40)37-10-24(28,29)8-11(37)2)36-22(41-19)21(39)34-12-4-5-13(38)6-12/h7,9,11-13,16,20,38H,3-6,8,10H2,1-2H3,(H,33,35)(H,34,39)/t11-,12+,13+,16-/m0/s1. The number of alkyl halides is 7. The van der Waals surface area contributed by atoms with Crippen molar-refractivity contribution in [3.63, 3.8) is 0 Å². The summed E-state index contributed by atoms with van der Waals surface area (Å²) in [7, 11) is 0. The number of anilines is 1. The summed E-state index contributed by atoms with van der Waals surface area (Å²) in [5.41, 5.74) is -1.69. The van der Waals surface area contributed by atoms with Gasteiger partial charge in [-0.25, -0.2) is 27.5 Å². The topological polar surface area (TPSA) is 107 Å². The summed E-state index contributed by atoms with van der Waals surface area (Å²) < 4.78 is 96.3. The van der Waals surface area contributed by atoms with Crippen LogP contribution in [0.3, 0.4) is 0 Å². The number of hydrogen-bond acceptors (Lipinski definition) is 7. The molecular formula is C25H28F7N5O3S. The molecule has 2 aromatic heterocycles. The van der Waals surface area contributed by atoms with E-state index >= 15 is 0 Å². The summed E-state index contributed by atoms with van der Waals surface area (Å²) in [6.07, 6.45) is -7.51. The number of nitrogens with one attached hydrogen (secondary N) is 2. The second kappa shape index (κ2) is 11.7. The number of aromatic nitrogens is 2. The number of pyridine rings is 1. The first-order valence-electron chi connectivity index (χ1n) is 12.9. The van der Waals surface area contributed by atoms with E-state index in [2.05, 4.69) is 20.6 Å². The van der Waals surface area contributed by atoms with E-state index in [0.29, 0.717) is 30.2 Å². The third kappa shape index (κ3) is 6.90. The molecule has 4 rings (SSSR count). The van der Waals surface area contributed by atoms with Crippen LogP contribution in [0, 0.1) is 0 Å². The highest BCUT2D eigenvalue weighted by atomic mass is 32.1. The van der Waals surface area contributed by atoms with Crippen LogP contribution < -0.4 is 10.6 Å². The SMILES string of the molecule is CC[C@H](Nc1cc(C(F)F)c(-c2sc(C(=O)N[C@@H]3CC[C@@H](O)C3)nc2C(=O)N2CC(F)(F)C[C@@H]2C)cn1)C(F)(F)F. The van der Waals surface area contributed by atoms with Crippen LogP contribution in [0.4, 0.5) is 36.6 Å². The maximum Gasteiger partial charge on any atom is 0.408 e. The third-order valence-electron chi connectivity index (χ3n) is 7.09. The Hall–Kier alpha value is -3.01. The maximum absolute atomic E-state index is 14.2. The van der Waals surface area contributed by atoms with Gasteiger partial charge >= 0.3 is 6.18 Å². The van der Waals surface area contributed by atoms with Gasteiger partial charge in [0.1, 0.15) is 17.6 Å². The average molecular weight is 612 g/mol. The van der Waals surface area contributed by atoms with E-state index in [1.54, 1.807) is 0 Å². The number of hydrogen-bond donors (Lipinski definition) is 3. The van der Waals surface area contributed by atoms with E-state index in [1.165, 1.54) is 13.8 Å². The lowest BCUT2D eigenvalue weighted by Gasteiger charge is -2.22. The minimum atomic E-state index is -4.68. The minimum Gasteiger partial charge on any atom is -0.393 e. The molecule has 41 heavy (non-hydrogen) atoms. The molecule has 0 radical (unpaired) electrons. The first-order chi connectivity index (χ1) is 19.1. The summed E-state index contributed by atoms with van der Waals surface area (Å²) in [5, 5.41) is 14.2. The van der Waals surface area contributed by atoms with Gasteiger partial charge in [-0.3, -0.25) is 9.59 Å². The van der Waals surface area contributed by atoms with Crippen LogP contribution in [0.1, 0.15) is 78.2 Å². The number of rotatable bonds is 8. The molecule has 0 aromatic carbocycles. The molecule has 4 atom stereocenters. The highest BCUT2D eigenvalue weighted by molar-refractivity contribution is 7.17. The molecule has 1 saturated carbocycles. The number of aliphatic hydroxyl groups is 1. The highest BCUT2D eigenvalue weighted by Gasteiger charge is 2.46. The van der Waals surface area contributed by atoms with Crippen LogP contribution in [0.25, 0.3) is 10.4 Å². The Balaban J connectivity index is 1.75. The molecular weight excluding hydrogens is 583 g/mol. The molecule has 2 aromatic rings. The zero-order valence-corrected chi connectivity index (χ0v) is 22.8. The van der Waals surface area contributed by atoms with Crippen molar-refractivity contribution in [1.29, 1.82) is 0 Å². The summed E-state index contributed by atoms with van der Waals surface area (Å²) in [6, 6.07) is -2.66. The molecule has 2 aliphatic rings. The van der Waals surface area contributed by atoms with E-state index in [0.717, 1.165) is 11.1 Å². The van der Waals surface area contributed by atoms with Crippen molar-refractivity contribution in [2.75, 3.05) is 11.9 Å². The zero-order chi connectivity index (χ0) is 30.3. The van der Waals surface area contributed by atoms with Gasteiger partial charge in [-0.1, -0.05) is 6.92 Å². The number of amides is 2.